The molecule has 1 aliphatic heterocycles. The predicted molar refractivity (Wildman–Crippen MR) is 64.7 cm³/mol. The Morgan fingerprint density at radius 1 is 1.33 bits per heavy atom. The van der Waals surface area contributed by atoms with Gasteiger partial charge in [-0.1, -0.05) is 25.7 Å². The van der Waals surface area contributed by atoms with Crippen molar-refractivity contribution in [2.24, 2.45) is 5.92 Å². The van der Waals surface area contributed by atoms with Gasteiger partial charge in [-0.3, -0.25) is 0 Å². The van der Waals surface area contributed by atoms with Crippen molar-refractivity contribution in [2.75, 3.05) is 0 Å². The van der Waals surface area contributed by atoms with E-state index in [-0.39, 0.29) is 18.3 Å². The molecule has 0 N–H and O–H groups in total. The summed E-state index contributed by atoms with van der Waals surface area (Å²) in [4.78, 5) is 0. The molecule has 3 heteroatoms. The lowest BCUT2D eigenvalue weighted by Gasteiger charge is -2.41. The molecule has 0 saturated carbocycles. The molecule has 1 saturated heterocycles. The summed E-state index contributed by atoms with van der Waals surface area (Å²) >= 11 is 0. The van der Waals surface area contributed by atoms with Crippen LogP contribution >= 0.6 is 0 Å². The van der Waals surface area contributed by atoms with Crippen LogP contribution in [0.3, 0.4) is 0 Å². The van der Waals surface area contributed by atoms with Crippen LogP contribution in [0.4, 0.5) is 0 Å². The molecule has 15 heavy (non-hydrogen) atoms. The van der Waals surface area contributed by atoms with E-state index in [1.54, 1.807) is 0 Å². The molecule has 0 aliphatic carbocycles. The molecule has 2 nitrogen and oxygen atoms in total. The van der Waals surface area contributed by atoms with Gasteiger partial charge in [-0.05, 0) is 33.6 Å². The van der Waals surface area contributed by atoms with Gasteiger partial charge in [-0.2, -0.15) is 0 Å². The summed E-state index contributed by atoms with van der Waals surface area (Å²) in [6.07, 6.45) is 1.09. The number of rotatable bonds is 3. The van der Waals surface area contributed by atoms with Crippen LogP contribution in [0.1, 0.15) is 48.0 Å². The largest absolute Gasteiger partial charge is 0.489 e. The van der Waals surface area contributed by atoms with E-state index in [2.05, 4.69) is 41.2 Å². The summed E-state index contributed by atoms with van der Waals surface area (Å²) in [5, 5.41) is 0. The van der Waals surface area contributed by atoms with Gasteiger partial charge in [0.05, 0.1) is 11.2 Å². The van der Waals surface area contributed by atoms with Gasteiger partial charge in [0.1, 0.15) is 0 Å². The first-order valence-electron chi connectivity index (χ1n) is 5.75. The zero-order valence-electron chi connectivity index (χ0n) is 10.9. The van der Waals surface area contributed by atoms with E-state index in [0.29, 0.717) is 5.92 Å². The Kier molecular flexibility index (Phi) is 3.37. The highest BCUT2D eigenvalue weighted by Gasteiger charge is 2.56. The van der Waals surface area contributed by atoms with Crippen LogP contribution < -0.4 is 0 Å². The van der Waals surface area contributed by atoms with Gasteiger partial charge in [0.2, 0.25) is 0 Å². The fourth-order valence-corrected chi connectivity index (χ4v) is 2.07. The standard InChI is InChI=1S/C12H23BO2/c1-8-10(4)12(7)11(5,6)14-13(15-12)9(2)3/h10H,2,8H2,1,3-7H3. The van der Waals surface area contributed by atoms with Crippen molar-refractivity contribution >= 4 is 7.12 Å². The zero-order chi connectivity index (χ0) is 11.9. The quantitative estimate of drug-likeness (QED) is 0.666. The second-order valence-corrected chi connectivity index (χ2v) is 5.34. The van der Waals surface area contributed by atoms with Crippen molar-refractivity contribution in [3.8, 4) is 0 Å². The molecule has 2 atom stereocenters. The van der Waals surface area contributed by atoms with Crippen LogP contribution in [-0.4, -0.2) is 18.3 Å². The lowest BCUT2D eigenvalue weighted by atomic mass is 9.76. The summed E-state index contributed by atoms with van der Waals surface area (Å²) in [6.45, 7) is 16.6. The first-order valence-corrected chi connectivity index (χ1v) is 5.75. The molecule has 0 spiro atoms. The highest BCUT2D eigenvalue weighted by Crippen LogP contribution is 2.44. The first-order chi connectivity index (χ1) is 6.74. The van der Waals surface area contributed by atoms with Crippen LogP contribution in [0, 0.1) is 5.92 Å². The molecule has 0 amide bonds. The molecule has 1 fully saturated rings. The van der Waals surface area contributed by atoms with Crippen LogP contribution in [0.5, 0.6) is 0 Å². The van der Waals surface area contributed by atoms with Crippen LogP contribution in [-0.2, 0) is 9.31 Å². The van der Waals surface area contributed by atoms with Gasteiger partial charge >= 0.3 is 7.12 Å². The van der Waals surface area contributed by atoms with Crippen molar-refractivity contribution in [1.82, 2.24) is 0 Å². The molecular formula is C12H23BO2. The maximum absolute atomic E-state index is 6.06. The molecule has 1 aliphatic rings. The molecule has 2 unspecified atom stereocenters. The van der Waals surface area contributed by atoms with Crippen molar-refractivity contribution in [2.45, 2.75) is 59.2 Å². The summed E-state index contributed by atoms with van der Waals surface area (Å²) in [6, 6.07) is 0. The van der Waals surface area contributed by atoms with Gasteiger partial charge in [0.25, 0.3) is 0 Å². The van der Waals surface area contributed by atoms with Crippen molar-refractivity contribution in [1.29, 1.82) is 0 Å². The minimum Gasteiger partial charge on any atom is -0.400 e. The second-order valence-electron chi connectivity index (χ2n) is 5.34. The van der Waals surface area contributed by atoms with E-state index < -0.39 is 0 Å². The Hall–Kier alpha value is -0.275. The van der Waals surface area contributed by atoms with Gasteiger partial charge in [-0.15, -0.1) is 6.58 Å². The van der Waals surface area contributed by atoms with Crippen LogP contribution in [0.25, 0.3) is 0 Å². The molecule has 1 heterocycles. The normalized spacial score (nSPS) is 31.7. The van der Waals surface area contributed by atoms with Gasteiger partial charge in [0, 0.05) is 0 Å². The van der Waals surface area contributed by atoms with Crippen molar-refractivity contribution in [3.05, 3.63) is 12.1 Å². The Balaban J connectivity index is 2.95. The lowest BCUT2D eigenvalue weighted by molar-refractivity contribution is -0.0499. The minimum atomic E-state index is -0.258. The smallest absolute Gasteiger partial charge is 0.400 e. The minimum absolute atomic E-state index is 0.231. The molecule has 1 rings (SSSR count). The topological polar surface area (TPSA) is 18.5 Å². The van der Waals surface area contributed by atoms with Crippen molar-refractivity contribution < 1.29 is 9.31 Å². The third-order valence-corrected chi connectivity index (χ3v) is 3.90. The predicted octanol–water partition coefficient (Wildman–Crippen LogP) is 3.22. The van der Waals surface area contributed by atoms with E-state index in [9.17, 15) is 0 Å². The third-order valence-electron chi connectivity index (χ3n) is 3.90. The lowest BCUT2D eigenvalue weighted by Crippen LogP contribution is -2.49. The third kappa shape index (κ3) is 2.00. The van der Waals surface area contributed by atoms with E-state index in [1.165, 1.54) is 0 Å². The fraction of sp³-hybridized carbons (Fsp3) is 0.833. The number of hydrogen-bond acceptors (Lipinski definition) is 2. The van der Waals surface area contributed by atoms with E-state index in [0.717, 1.165) is 11.9 Å². The van der Waals surface area contributed by atoms with E-state index in [4.69, 9.17) is 9.31 Å². The average Bonchev–Trinajstić information content (AvgIpc) is 2.38. The van der Waals surface area contributed by atoms with Crippen LogP contribution in [0.2, 0.25) is 0 Å². The van der Waals surface area contributed by atoms with Gasteiger partial charge in [0.15, 0.2) is 0 Å². The van der Waals surface area contributed by atoms with E-state index >= 15 is 0 Å². The van der Waals surface area contributed by atoms with Crippen molar-refractivity contribution in [3.63, 3.8) is 0 Å². The Labute approximate surface area is 94.2 Å². The maximum atomic E-state index is 6.06. The van der Waals surface area contributed by atoms with Gasteiger partial charge < -0.3 is 9.31 Å². The van der Waals surface area contributed by atoms with Crippen LogP contribution in [0.15, 0.2) is 12.1 Å². The monoisotopic (exact) mass is 210 g/mol. The van der Waals surface area contributed by atoms with Gasteiger partial charge in [-0.25, -0.2) is 0 Å². The Morgan fingerprint density at radius 2 is 1.87 bits per heavy atom. The Morgan fingerprint density at radius 3 is 2.20 bits per heavy atom. The average molecular weight is 210 g/mol. The summed E-state index contributed by atoms with van der Waals surface area (Å²) in [5.41, 5.74) is 0.451. The molecule has 86 valence electrons. The molecule has 0 aromatic heterocycles. The number of hydrogen-bond donors (Lipinski definition) is 0. The highest BCUT2D eigenvalue weighted by atomic mass is 16.7. The summed E-state index contributed by atoms with van der Waals surface area (Å²) in [7, 11) is -0.251. The first kappa shape index (κ1) is 12.8. The molecule has 0 radical (unpaired) electrons. The SMILES string of the molecule is C=C(C)B1OC(C)(C)C(C)(C(C)CC)O1. The molecule has 0 aromatic carbocycles. The summed E-state index contributed by atoms with van der Waals surface area (Å²) < 4.78 is 12.0. The second kappa shape index (κ2) is 3.95. The molecular weight excluding hydrogens is 187 g/mol. The highest BCUT2D eigenvalue weighted by molar-refractivity contribution is 6.54. The summed E-state index contributed by atoms with van der Waals surface area (Å²) in [5.74, 6) is 0.469. The number of allylic oxidation sites excluding steroid dienone is 1. The molecule has 0 aromatic rings. The van der Waals surface area contributed by atoms with E-state index in [1.807, 2.05) is 6.92 Å². The zero-order valence-corrected chi connectivity index (χ0v) is 10.9. The Bertz CT molecular complexity index is 262. The molecule has 0 bridgehead atoms. The maximum Gasteiger partial charge on any atom is 0.489 e. The fourth-order valence-electron chi connectivity index (χ4n) is 2.07.